The molecule has 2 aromatic rings. The zero-order valence-corrected chi connectivity index (χ0v) is 14.1. The van der Waals surface area contributed by atoms with E-state index in [0.717, 1.165) is 28.6 Å². The van der Waals surface area contributed by atoms with E-state index in [9.17, 15) is 13.2 Å². The summed E-state index contributed by atoms with van der Waals surface area (Å²) < 4.78 is 40.5. The van der Waals surface area contributed by atoms with Crippen molar-refractivity contribution >= 4 is 16.6 Å². The first-order valence-electron chi connectivity index (χ1n) is 8.58. The fourth-order valence-corrected chi connectivity index (χ4v) is 3.70. The van der Waals surface area contributed by atoms with Crippen molar-refractivity contribution in [1.82, 2.24) is 20.2 Å². The summed E-state index contributed by atoms with van der Waals surface area (Å²) in [6, 6.07) is 2.31. The van der Waals surface area contributed by atoms with Gasteiger partial charge in [0.15, 0.2) is 0 Å². The minimum absolute atomic E-state index is 0.116. The van der Waals surface area contributed by atoms with Crippen LogP contribution in [0.25, 0.3) is 16.6 Å². The average Bonchev–Trinajstić information content (AvgIpc) is 3.09. The predicted molar refractivity (Wildman–Crippen MR) is 94.8 cm³/mol. The lowest BCUT2D eigenvalue weighted by Crippen LogP contribution is -2.50. The largest absolute Gasteiger partial charge is 0.408 e. The first-order valence-corrected chi connectivity index (χ1v) is 8.58. The maximum absolute atomic E-state index is 13.5. The first kappa shape index (κ1) is 16.8. The molecule has 0 spiro atoms. The van der Waals surface area contributed by atoms with E-state index in [2.05, 4.69) is 21.9 Å². The molecule has 1 unspecified atom stereocenters. The van der Waals surface area contributed by atoms with Crippen LogP contribution in [0.1, 0.15) is 24.8 Å². The van der Waals surface area contributed by atoms with Gasteiger partial charge in [0.25, 0.3) is 0 Å². The number of dihydropyridines is 1. The lowest BCUT2D eigenvalue weighted by molar-refractivity contribution is -0.186. The Labute approximate surface area is 149 Å². The van der Waals surface area contributed by atoms with E-state index in [4.69, 9.17) is 0 Å². The SMILES string of the molecule is C=C1C=C(c2ccnc3[nH]ccc23)C=C(N2CCCCC2C(F)(F)F)N1. The number of alkyl halides is 3. The number of piperidine rings is 1. The number of pyridine rings is 1. The van der Waals surface area contributed by atoms with Gasteiger partial charge >= 0.3 is 6.18 Å². The van der Waals surface area contributed by atoms with Gasteiger partial charge in [-0.05, 0) is 54.7 Å². The summed E-state index contributed by atoms with van der Waals surface area (Å²) in [5.74, 6) is 0.454. The Bertz CT molecular complexity index is 907. The maximum Gasteiger partial charge on any atom is 0.408 e. The molecule has 0 radical (unpaired) electrons. The summed E-state index contributed by atoms with van der Waals surface area (Å²) in [5, 5.41) is 3.95. The second-order valence-corrected chi connectivity index (χ2v) is 6.62. The highest BCUT2D eigenvalue weighted by molar-refractivity contribution is 5.94. The molecule has 26 heavy (non-hydrogen) atoms. The highest BCUT2D eigenvalue weighted by Crippen LogP contribution is 2.36. The number of halogens is 3. The Balaban J connectivity index is 1.75. The number of fused-ring (bicyclic) bond motifs is 1. The Kier molecular flexibility index (Phi) is 4.01. The van der Waals surface area contributed by atoms with E-state index in [-0.39, 0.29) is 6.42 Å². The third-order valence-corrected chi connectivity index (χ3v) is 4.87. The monoisotopic (exact) mass is 360 g/mol. The summed E-state index contributed by atoms with van der Waals surface area (Å²) in [6.07, 6.45) is 4.31. The standard InChI is InChI=1S/C19H19F3N4/c1-12-10-13(14-5-7-23-18-15(14)6-8-24-18)11-17(25-12)26-9-3-2-4-16(26)19(20,21)22/h5-8,10-11,16,25H,1-4,9H2,(H,23,24). The molecule has 2 aliphatic heterocycles. The third-order valence-electron chi connectivity index (χ3n) is 4.87. The minimum Gasteiger partial charge on any atom is -0.346 e. The summed E-state index contributed by atoms with van der Waals surface area (Å²) in [6.45, 7) is 4.30. The molecule has 0 aliphatic carbocycles. The molecule has 1 atom stereocenters. The molecular formula is C19H19F3N4. The van der Waals surface area contributed by atoms with Crippen molar-refractivity contribution in [3.05, 3.63) is 60.3 Å². The Hall–Kier alpha value is -2.70. The van der Waals surface area contributed by atoms with Crippen LogP contribution in [0.5, 0.6) is 0 Å². The average molecular weight is 360 g/mol. The molecule has 4 nitrogen and oxygen atoms in total. The topological polar surface area (TPSA) is 44.0 Å². The van der Waals surface area contributed by atoms with Crippen molar-refractivity contribution in [3.63, 3.8) is 0 Å². The van der Waals surface area contributed by atoms with Crippen LogP contribution in [-0.2, 0) is 0 Å². The molecule has 0 aromatic carbocycles. The predicted octanol–water partition coefficient (Wildman–Crippen LogP) is 4.32. The molecule has 4 rings (SSSR count). The van der Waals surface area contributed by atoms with Gasteiger partial charge in [0, 0.05) is 30.0 Å². The van der Waals surface area contributed by atoms with Gasteiger partial charge in [-0.15, -0.1) is 0 Å². The molecule has 0 bridgehead atoms. The number of rotatable bonds is 2. The smallest absolute Gasteiger partial charge is 0.346 e. The van der Waals surface area contributed by atoms with Crippen molar-refractivity contribution < 1.29 is 13.2 Å². The van der Waals surface area contributed by atoms with Gasteiger partial charge in [-0.3, -0.25) is 0 Å². The Morgan fingerprint density at radius 2 is 2.04 bits per heavy atom. The van der Waals surface area contributed by atoms with Crippen LogP contribution in [0.4, 0.5) is 13.2 Å². The van der Waals surface area contributed by atoms with Gasteiger partial charge in [-0.25, -0.2) is 4.98 Å². The van der Waals surface area contributed by atoms with E-state index in [1.165, 1.54) is 4.90 Å². The number of allylic oxidation sites excluding steroid dienone is 3. The quantitative estimate of drug-likeness (QED) is 0.838. The van der Waals surface area contributed by atoms with Gasteiger partial charge in [0.2, 0.25) is 0 Å². The zero-order chi connectivity index (χ0) is 18.3. The van der Waals surface area contributed by atoms with Crippen molar-refractivity contribution in [1.29, 1.82) is 0 Å². The van der Waals surface area contributed by atoms with E-state index in [0.29, 0.717) is 24.5 Å². The maximum atomic E-state index is 13.5. The van der Waals surface area contributed by atoms with Crippen LogP contribution in [0.15, 0.2) is 54.8 Å². The van der Waals surface area contributed by atoms with E-state index in [1.807, 2.05) is 18.2 Å². The second kappa shape index (κ2) is 6.23. The highest BCUT2D eigenvalue weighted by atomic mass is 19.4. The third kappa shape index (κ3) is 2.98. The number of aromatic nitrogens is 2. The molecule has 1 saturated heterocycles. The molecule has 2 aliphatic rings. The minimum atomic E-state index is -4.25. The summed E-state index contributed by atoms with van der Waals surface area (Å²) in [7, 11) is 0. The number of H-pyrrole nitrogens is 1. The van der Waals surface area contributed by atoms with Crippen LogP contribution < -0.4 is 5.32 Å². The van der Waals surface area contributed by atoms with Crippen LogP contribution in [0.2, 0.25) is 0 Å². The molecule has 7 heteroatoms. The lowest BCUT2D eigenvalue weighted by atomic mass is 9.98. The fourth-order valence-electron chi connectivity index (χ4n) is 3.70. The molecule has 4 heterocycles. The summed E-state index contributed by atoms with van der Waals surface area (Å²) in [4.78, 5) is 8.75. The number of hydrogen-bond donors (Lipinski definition) is 2. The second-order valence-electron chi connectivity index (χ2n) is 6.62. The van der Waals surface area contributed by atoms with E-state index < -0.39 is 12.2 Å². The fraction of sp³-hybridized carbons (Fsp3) is 0.316. The number of nitrogens with zero attached hydrogens (tertiary/aromatic N) is 2. The van der Waals surface area contributed by atoms with Crippen molar-refractivity contribution in [2.75, 3.05) is 6.54 Å². The van der Waals surface area contributed by atoms with Crippen LogP contribution in [0, 0.1) is 0 Å². The Morgan fingerprint density at radius 3 is 2.85 bits per heavy atom. The van der Waals surface area contributed by atoms with Crippen molar-refractivity contribution in [2.45, 2.75) is 31.5 Å². The zero-order valence-electron chi connectivity index (χ0n) is 14.1. The Morgan fingerprint density at radius 1 is 1.19 bits per heavy atom. The summed E-state index contributed by atoms with van der Waals surface area (Å²) >= 11 is 0. The molecular weight excluding hydrogens is 341 g/mol. The number of nitrogens with one attached hydrogen (secondary N) is 2. The van der Waals surface area contributed by atoms with Gasteiger partial charge in [0.05, 0.1) is 0 Å². The first-order chi connectivity index (χ1) is 12.4. The van der Waals surface area contributed by atoms with Crippen LogP contribution >= 0.6 is 0 Å². The van der Waals surface area contributed by atoms with Crippen LogP contribution in [-0.4, -0.2) is 33.6 Å². The van der Waals surface area contributed by atoms with Gasteiger partial charge < -0.3 is 15.2 Å². The van der Waals surface area contributed by atoms with Crippen molar-refractivity contribution in [2.24, 2.45) is 0 Å². The van der Waals surface area contributed by atoms with E-state index >= 15 is 0 Å². The molecule has 0 amide bonds. The van der Waals surface area contributed by atoms with E-state index in [1.54, 1.807) is 18.5 Å². The molecule has 0 saturated carbocycles. The summed E-state index contributed by atoms with van der Waals surface area (Å²) in [5.41, 5.74) is 3.05. The molecule has 2 aromatic heterocycles. The number of hydrogen-bond acceptors (Lipinski definition) is 3. The molecule has 136 valence electrons. The van der Waals surface area contributed by atoms with Gasteiger partial charge in [-0.1, -0.05) is 6.58 Å². The van der Waals surface area contributed by atoms with Gasteiger partial charge in [0.1, 0.15) is 17.5 Å². The van der Waals surface area contributed by atoms with Crippen LogP contribution in [0.3, 0.4) is 0 Å². The highest BCUT2D eigenvalue weighted by Gasteiger charge is 2.45. The van der Waals surface area contributed by atoms with Crippen molar-refractivity contribution in [3.8, 4) is 0 Å². The normalized spacial score (nSPS) is 21.4. The lowest BCUT2D eigenvalue weighted by Gasteiger charge is -2.40. The molecule has 2 N–H and O–H groups in total. The molecule has 1 fully saturated rings. The number of likely N-dealkylation sites (tertiary alicyclic amines) is 1. The van der Waals surface area contributed by atoms with Gasteiger partial charge in [-0.2, -0.15) is 13.2 Å². The number of aromatic amines is 1.